The molecule has 0 radical (unpaired) electrons. The maximum atomic E-state index is 13.7. The van der Waals surface area contributed by atoms with Crippen LogP contribution in [0.3, 0.4) is 0 Å². The Labute approximate surface area is 223 Å². The van der Waals surface area contributed by atoms with Gasteiger partial charge >= 0.3 is 6.03 Å². The maximum Gasteiger partial charge on any atom is 0.320 e. The number of carbonyl (C=O) groups is 2. The summed E-state index contributed by atoms with van der Waals surface area (Å²) in [5, 5.41) is 3.12. The Morgan fingerprint density at radius 1 is 1.11 bits per heavy atom. The van der Waals surface area contributed by atoms with Gasteiger partial charge < -0.3 is 24.8 Å². The molecule has 8 nitrogen and oxygen atoms in total. The molecule has 2 aromatic carbocycles. The quantitative estimate of drug-likeness (QED) is 0.506. The SMILES string of the molecule is CCC1CC2(CCN(C(=O)N3CCOc4c(C)cc(-c5ccc6nc(C)[nH]c6c5)cc4C3)CC2)CC(=O)N1. The number of aromatic nitrogens is 2. The summed E-state index contributed by atoms with van der Waals surface area (Å²) in [5.74, 6) is 1.95. The van der Waals surface area contributed by atoms with E-state index in [-0.39, 0.29) is 23.4 Å². The molecule has 3 aliphatic heterocycles. The molecule has 1 unspecified atom stereocenters. The minimum atomic E-state index is 0.0363. The average Bonchev–Trinajstić information content (AvgIpc) is 3.13. The molecule has 1 atom stereocenters. The highest BCUT2D eigenvalue weighted by molar-refractivity contribution is 5.83. The van der Waals surface area contributed by atoms with Crippen LogP contribution in [0.2, 0.25) is 0 Å². The first kappa shape index (κ1) is 24.8. The second-order valence-electron chi connectivity index (χ2n) is 11.4. The molecule has 0 bridgehead atoms. The number of piperidine rings is 2. The van der Waals surface area contributed by atoms with E-state index in [4.69, 9.17) is 4.74 Å². The topological polar surface area (TPSA) is 90.6 Å². The summed E-state index contributed by atoms with van der Waals surface area (Å²) >= 11 is 0. The van der Waals surface area contributed by atoms with Crippen molar-refractivity contribution in [1.82, 2.24) is 25.1 Å². The third-order valence-electron chi connectivity index (χ3n) is 8.69. The highest BCUT2D eigenvalue weighted by Gasteiger charge is 2.43. The number of nitrogens with one attached hydrogen (secondary N) is 2. The van der Waals surface area contributed by atoms with E-state index in [2.05, 4.69) is 53.4 Å². The second-order valence-corrected chi connectivity index (χ2v) is 11.4. The van der Waals surface area contributed by atoms with Gasteiger partial charge in [-0.25, -0.2) is 9.78 Å². The first-order valence-corrected chi connectivity index (χ1v) is 13.9. The molecule has 3 aromatic rings. The Morgan fingerprint density at radius 3 is 2.71 bits per heavy atom. The molecule has 0 saturated carbocycles. The number of imidazole rings is 1. The van der Waals surface area contributed by atoms with Gasteiger partial charge in [-0.2, -0.15) is 0 Å². The molecular weight excluding hydrogens is 478 g/mol. The molecule has 4 heterocycles. The Hall–Kier alpha value is -3.55. The highest BCUT2D eigenvalue weighted by Crippen LogP contribution is 2.42. The van der Waals surface area contributed by atoms with Gasteiger partial charge in [-0.3, -0.25) is 4.79 Å². The van der Waals surface area contributed by atoms with Crippen molar-refractivity contribution in [3.8, 4) is 16.9 Å². The van der Waals surface area contributed by atoms with Gasteiger partial charge in [0.15, 0.2) is 0 Å². The lowest BCUT2D eigenvalue weighted by Crippen LogP contribution is -2.54. The minimum absolute atomic E-state index is 0.0363. The van der Waals surface area contributed by atoms with Crippen molar-refractivity contribution >= 4 is 23.0 Å². The van der Waals surface area contributed by atoms with E-state index >= 15 is 0 Å². The number of nitrogens with zero attached hydrogens (tertiary/aromatic N) is 3. The molecule has 3 aliphatic rings. The molecule has 0 aliphatic carbocycles. The van der Waals surface area contributed by atoms with Crippen molar-refractivity contribution < 1.29 is 14.3 Å². The summed E-state index contributed by atoms with van der Waals surface area (Å²) in [4.78, 5) is 37.7. The van der Waals surface area contributed by atoms with Gasteiger partial charge in [0.25, 0.3) is 0 Å². The third-order valence-corrected chi connectivity index (χ3v) is 8.69. The summed E-state index contributed by atoms with van der Waals surface area (Å²) in [6.45, 7) is 9.14. The van der Waals surface area contributed by atoms with Crippen molar-refractivity contribution in [3.05, 3.63) is 47.3 Å². The number of carbonyl (C=O) groups excluding carboxylic acids is 2. The van der Waals surface area contributed by atoms with Crippen molar-refractivity contribution in [1.29, 1.82) is 0 Å². The third kappa shape index (κ3) is 4.61. The second kappa shape index (κ2) is 9.64. The minimum Gasteiger partial charge on any atom is -0.491 e. The van der Waals surface area contributed by atoms with E-state index in [0.717, 1.165) is 70.5 Å². The number of hydrogen-bond acceptors (Lipinski definition) is 4. The van der Waals surface area contributed by atoms with E-state index in [1.54, 1.807) is 0 Å². The normalized spacial score (nSPS) is 21.1. The van der Waals surface area contributed by atoms with Crippen molar-refractivity contribution in [2.24, 2.45) is 5.41 Å². The van der Waals surface area contributed by atoms with Crippen molar-refractivity contribution in [3.63, 3.8) is 0 Å². The monoisotopic (exact) mass is 515 g/mol. The highest BCUT2D eigenvalue weighted by atomic mass is 16.5. The predicted molar refractivity (Wildman–Crippen MR) is 147 cm³/mol. The van der Waals surface area contributed by atoms with E-state index in [1.165, 1.54) is 0 Å². The maximum absolute atomic E-state index is 13.7. The van der Waals surface area contributed by atoms with Gasteiger partial charge in [-0.05, 0) is 85.9 Å². The molecule has 2 saturated heterocycles. The number of aryl methyl sites for hydroxylation is 2. The van der Waals surface area contributed by atoms with Crippen LogP contribution in [0.1, 0.15) is 56.0 Å². The molecule has 3 amide bonds. The fourth-order valence-corrected chi connectivity index (χ4v) is 6.63. The lowest BCUT2D eigenvalue weighted by Gasteiger charge is -2.46. The summed E-state index contributed by atoms with van der Waals surface area (Å²) in [6.07, 6.45) is 4.35. The van der Waals surface area contributed by atoms with Gasteiger partial charge in [0.05, 0.1) is 24.1 Å². The Morgan fingerprint density at radius 2 is 1.92 bits per heavy atom. The van der Waals surface area contributed by atoms with Gasteiger partial charge in [0.2, 0.25) is 5.91 Å². The van der Waals surface area contributed by atoms with Crippen LogP contribution in [-0.2, 0) is 11.3 Å². The number of hydrogen-bond donors (Lipinski definition) is 2. The number of rotatable bonds is 2. The first-order chi connectivity index (χ1) is 18.3. The van der Waals surface area contributed by atoms with E-state index in [9.17, 15) is 9.59 Å². The van der Waals surface area contributed by atoms with Crippen LogP contribution in [0.4, 0.5) is 4.79 Å². The van der Waals surface area contributed by atoms with Gasteiger partial charge in [-0.15, -0.1) is 0 Å². The molecule has 1 aromatic heterocycles. The van der Waals surface area contributed by atoms with Crippen LogP contribution in [0.25, 0.3) is 22.2 Å². The lowest BCUT2D eigenvalue weighted by atomic mass is 9.69. The van der Waals surface area contributed by atoms with Crippen LogP contribution in [0, 0.1) is 19.3 Å². The Kier molecular flexibility index (Phi) is 6.28. The van der Waals surface area contributed by atoms with E-state index in [1.807, 2.05) is 22.8 Å². The molecule has 6 rings (SSSR count). The summed E-state index contributed by atoms with van der Waals surface area (Å²) in [6, 6.07) is 10.9. The van der Waals surface area contributed by atoms with Crippen molar-refractivity contribution in [2.75, 3.05) is 26.2 Å². The van der Waals surface area contributed by atoms with Gasteiger partial charge in [0, 0.05) is 31.1 Å². The number of amides is 3. The molecular formula is C30H37N5O3. The number of likely N-dealkylation sites (tertiary alicyclic amines) is 1. The lowest BCUT2D eigenvalue weighted by molar-refractivity contribution is -0.128. The molecule has 2 N–H and O–H groups in total. The Bertz CT molecular complexity index is 1390. The van der Waals surface area contributed by atoms with Crippen LogP contribution in [0.5, 0.6) is 5.75 Å². The van der Waals surface area contributed by atoms with E-state index < -0.39 is 0 Å². The number of urea groups is 1. The fraction of sp³-hybridized carbons (Fsp3) is 0.500. The number of aromatic amines is 1. The van der Waals surface area contributed by atoms with E-state index in [0.29, 0.717) is 39.2 Å². The Balaban J connectivity index is 1.19. The largest absolute Gasteiger partial charge is 0.491 e. The number of fused-ring (bicyclic) bond motifs is 2. The van der Waals surface area contributed by atoms with Crippen LogP contribution in [0.15, 0.2) is 30.3 Å². The molecule has 200 valence electrons. The van der Waals surface area contributed by atoms with Crippen LogP contribution < -0.4 is 10.1 Å². The fourth-order valence-electron chi connectivity index (χ4n) is 6.63. The molecule has 38 heavy (non-hydrogen) atoms. The molecule has 1 spiro atoms. The summed E-state index contributed by atoms with van der Waals surface area (Å²) < 4.78 is 6.16. The first-order valence-electron chi connectivity index (χ1n) is 13.9. The smallest absolute Gasteiger partial charge is 0.320 e. The zero-order valence-corrected chi connectivity index (χ0v) is 22.6. The van der Waals surface area contributed by atoms with Gasteiger partial charge in [-0.1, -0.05) is 13.0 Å². The number of ether oxygens (including phenoxy) is 1. The number of H-pyrrole nitrogens is 1. The molecule has 8 heteroatoms. The standard InChI is InChI=1S/C30H37N5O3/c1-4-24-16-30(17-27(36)33-24)7-9-34(10-8-30)29(37)35-11-12-38-28-19(2)13-22(14-23(28)18-35)21-5-6-25-26(15-21)32-20(3)31-25/h5-6,13-15,24H,4,7-12,16-18H2,1-3H3,(H,31,32)(H,33,36). The van der Waals surface area contributed by atoms with Crippen molar-refractivity contribution in [2.45, 2.75) is 65.5 Å². The zero-order chi connectivity index (χ0) is 26.4. The summed E-state index contributed by atoms with van der Waals surface area (Å²) in [5.41, 5.74) is 6.34. The molecule has 2 fully saturated rings. The van der Waals surface area contributed by atoms with Gasteiger partial charge in [0.1, 0.15) is 18.2 Å². The average molecular weight is 516 g/mol. The zero-order valence-electron chi connectivity index (χ0n) is 22.6. The summed E-state index contributed by atoms with van der Waals surface area (Å²) in [7, 11) is 0. The van der Waals surface area contributed by atoms with Crippen LogP contribution in [-0.4, -0.2) is 64.0 Å². The van der Waals surface area contributed by atoms with Crippen LogP contribution >= 0.6 is 0 Å². The number of benzene rings is 2. The predicted octanol–water partition coefficient (Wildman–Crippen LogP) is 4.93.